The number of carboxylic acids is 1. The minimum atomic E-state index is -1.11. The average Bonchev–Trinajstić information content (AvgIpc) is 2.65. The molecule has 0 atom stereocenters. The summed E-state index contributed by atoms with van der Waals surface area (Å²) in [6.07, 6.45) is 1.22. The molecule has 0 fully saturated rings. The first-order valence-corrected chi connectivity index (χ1v) is 8.27. The highest BCUT2D eigenvalue weighted by atomic mass is 19.1. The number of aromatic nitrogens is 2. The van der Waals surface area contributed by atoms with Crippen LogP contribution in [0, 0.1) is 25.5 Å². The van der Waals surface area contributed by atoms with E-state index in [1.54, 1.807) is 13.0 Å². The zero-order chi connectivity index (χ0) is 20.4. The van der Waals surface area contributed by atoms with Gasteiger partial charge in [-0.25, -0.2) is 18.6 Å². The van der Waals surface area contributed by atoms with Crippen molar-refractivity contribution in [1.29, 1.82) is 0 Å². The molecule has 28 heavy (non-hydrogen) atoms. The highest BCUT2D eigenvalue weighted by Crippen LogP contribution is 2.18. The summed E-state index contributed by atoms with van der Waals surface area (Å²) in [5, 5.41) is 9.16. The predicted molar refractivity (Wildman–Crippen MR) is 97.0 cm³/mol. The molecular formula is C20H16F2N2O4. The molecule has 1 aromatic heterocycles. The molecule has 0 aliphatic rings. The topological polar surface area (TPSA) is 81.4 Å². The second-order valence-electron chi connectivity index (χ2n) is 6.18. The van der Waals surface area contributed by atoms with Crippen molar-refractivity contribution in [3.8, 4) is 11.6 Å². The van der Waals surface area contributed by atoms with E-state index in [0.717, 1.165) is 12.1 Å². The molecule has 0 aliphatic heterocycles. The Labute approximate surface area is 158 Å². The van der Waals surface area contributed by atoms with Gasteiger partial charge in [0.25, 0.3) is 5.56 Å². The predicted octanol–water partition coefficient (Wildman–Crippen LogP) is 3.40. The molecule has 0 spiro atoms. The third-order valence-corrected chi connectivity index (χ3v) is 4.25. The second kappa shape index (κ2) is 7.59. The van der Waals surface area contributed by atoms with Crippen molar-refractivity contribution in [3.63, 3.8) is 0 Å². The summed E-state index contributed by atoms with van der Waals surface area (Å²) in [6.45, 7) is 3.01. The van der Waals surface area contributed by atoms with Gasteiger partial charge in [0, 0.05) is 11.6 Å². The van der Waals surface area contributed by atoms with Crippen LogP contribution in [-0.4, -0.2) is 20.6 Å². The fraction of sp³-hybridized carbons (Fsp3) is 0.150. The zero-order valence-electron chi connectivity index (χ0n) is 15.1. The molecule has 1 N–H and O–H groups in total. The van der Waals surface area contributed by atoms with Crippen molar-refractivity contribution in [1.82, 2.24) is 9.55 Å². The van der Waals surface area contributed by atoms with Crippen LogP contribution in [0.15, 0.2) is 47.5 Å². The van der Waals surface area contributed by atoms with Crippen LogP contribution < -0.4 is 10.3 Å². The minimum Gasteiger partial charge on any atom is -0.478 e. The number of hydrogen-bond acceptors (Lipinski definition) is 4. The normalized spacial score (nSPS) is 10.7. The van der Waals surface area contributed by atoms with Crippen LogP contribution in [0.3, 0.4) is 0 Å². The van der Waals surface area contributed by atoms with Gasteiger partial charge in [-0.3, -0.25) is 9.36 Å². The number of hydrogen-bond donors (Lipinski definition) is 1. The fourth-order valence-corrected chi connectivity index (χ4v) is 2.64. The number of nitrogens with zero attached hydrogens (tertiary/aromatic N) is 2. The van der Waals surface area contributed by atoms with E-state index in [-0.39, 0.29) is 29.2 Å². The molecule has 6 nitrogen and oxygen atoms in total. The van der Waals surface area contributed by atoms with E-state index in [0.29, 0.717) is 11.3 Å². The van der Waals surface area contributed by atoms with E-state index in [1.807, 2.05) is 0 Å². The molecule has 144 valence electrons. The largest absolute Gasteiger partial charge is 0.478 e. The number of benzene rings is 2. The van der Waals surface area contributed by atoms with Gasteiger partial charge in [-0.2, -0.15) is 0 Å². The first kappa shape index (κ1) is 19.2. The summed E-state index contributed by atoms with van der Waals surface area (Å²) in [5.41, 5.74) is 0.960. The van der Waals surface area contributed by atoms with Crippen LogP contribution in [0.4, 0.5) is 8.78 Å². The molecule has 3 rings (SSSR count). The molecule has 3 aromatic rings. The Morgan fingerprint density at radius 2 is 1.93 bits per heavy atom. The Morgan fingerprint density at radius 3 is 2.61 bits per heavy atom. The van der Waals surface area contributed by atoms with Crippen molar-refractivity contribution in [3.05, 3.63) is 87.0 Å². The molecule has 0 saturated heterocycles. The Bertz CT molecular complexity index is 1130. The van der Waals surface area contributed by atoms with E-state index in [1.165, 1.54) is 36.0 Å². The summed E-state index contributed by atoms with van der Waals surface area (Å²) in [4.78, 5) is 28.0. The molecular weight excluding hydrogens is 370 g/mol. The Balaban J connectivity index is 1.93. The van der Waals surface area contributed by atoms with Gasteiger partial charge in [-0.15, -0.1) is 0 Å². The van der Waals surface area contributed by atoms with E-state index < -0.39 is 23.2 Å². The summed E-state index contributed by atoms with van der Waals surface area (Å²) in [6, 6.07) is 7.54. The smallest absolute Gasteiger partial charge is 0.335 e. The van der Waals surface area contributed by atoms with E-state index in [9.17, 15) is 18.4 Å². The Kier molecular flexibility index (Phi) is 5.21. The van der Waals surface area contributed by atoms with Gasteiger partial charge in [0.1, 0.15) is 24.6 Å². The number of ether oxygens (including phenoxy) is 1. The quantitative estimate of drug-likeness (QED) is 0.727. The standard InChI is InChI=1S/C20H16F2N2O4/c1-11-3-4-13(20(26)27)7-17(11)24-10-23-18(12(2)19(24)25)28-9-14-5-6-15(21)8-16(14)22/h3-8,10H,9H2,1-2H3,(H,26,27). The van der Waals surface area contributed by atoms with E-state index in [2.05, 4.69) is 4.98 Å². The lowest BCUT2D eigenvalue weighted by Gasteiger charge is -2.13. The van der Waals surface area contributed by atoms with Gasteiger partial charge >= 0.3 is 5.97 Å². The maximum Gasteiger partial charge on any atom is 0.335 e. The number of halogens is 2. The highest BCUT2D eigenvalue weighted by Gasteiger charge is 2.14. The van der Waals surface area contributed by atoms with Gasteiger partial charge in [0.2, 0.25) is 5.88 Å². The van der Waals surface area contributed by atoms with Crippen molar-refractivity contribution in [2.24, 2.45) is 0 Å². The lowest BCUT2D eigenvalue weighted by atomic mass is 10.1. The third-order valence-electron chi connectivity index (χ3n) is 4.25. The van der Waals surface area contributed by atoms with Crippen molar-refractivity contribution in [2.75, 3.05) is 0 Å². The van der Waals surface area contributed by atoms with Crippen LogP contribution in [-0.2, 0) is 6.61 Å². The first-order valence-electron chi connectivity index (χ1n) is 8.27. The van der Waals surface area contributed by atoms with Crippen LogP contribution in [0.2, 0.25) is 0 Å². The average molecular weight is 386 g/mol. The van der Waals surface area contributed by atoms with Crippen molar-refractivity contribution >= 4 is 5.97 Å². The van der Waals surface area contributed by atoms with E-state index >= 15 is 0 Å². The van der Waals surface area contributed by atoms with Crippen LogP contribution in [0.5, 0.6) is 5.88 Å². The maximum atomic E-state index is 13.7. The molecule has 0 aliphatic carbocycles. The first-order chi connectivity index (χ1) is 13.3. The molecule has 0 saturated carbocycles. The van der Waals surface area contributed by atoms with Crippen molar-refractivity contribution < 1.29 is 23.4 Å². The van der Waals surface area contributed by atoms with Gasteiger partial charge < -0.3 is 9.84 Å². The maximum absolute atomic E-state index is 13.7. The minimum absolute atomic E-state index is 0.0111. The number of aromatic carboxylic acids is 1. The van der Waals surface area contributed by atoms with Gasteiger partial charge in [0.15, 0.2) is 0 Å². The van der Waals surface area contributed by atoms with Crippen LogP contribution in [0.25, 0.3) is 5.69 Å². The lowest BCUT2D eigenvalue weighted by Crippen LogP contribution is -2.23. The number of rotatable bonds is 5. The fourth-order valence-electron chi connectivity index (χ4n) is 2.64. The highest BCUT2D eigenvalue weighted by molar-refractivity contribution is 5.88. The number of carboxylic acid groups (broad SMARTS) is 1. The van der Waals surface area contributed by atoms with Gasteiger partial charge in [-0.1, -0.05) is 6.07 Å². The molecule has 0 bridgehead atoms. The molecule has 0 amide bonds. The Morgan fingerprint density at radius 1 is 1.18 bits per heavy atom. The molecule has 0 unspecified atom stereocenters. The monoisotopic (exact) mass is 386 g/mol. The number of carbonyl (C=O) groups is 1. The van der Waals surface area contributed by atoms with Gasteiger partial charge in [0.05, 0.1) is 16.8 Å². The van der Waals surface area contributed by atoms with Crippen LogP contribution >= 0.6 is 0 Å². The van der Waals surface area contributed by atoms with Gasteiger partial charge in [-0.05, 0) is 43.7 Å². The van der Waals surface area contributed by atoms with Crippen LogP contribution in [0.1, 0.15) is 27.0 Å². The van der Waals surface area contributed by atoms with E-state index in [4.69, 9.17) is 9.84 Å². The molecule has 2 aromatic carbocycles. The third kappa shape index (κ3) is 3.75. The SMILES string of the molecule is Cc1ccc(C(=O)O)cc1-n1cnc(OCc2ccc(F)cc2F)c(C)c1=O. The summed E-state index contributed by atoms with van der Waals surface area (Å²) >= 11 is 0. The molecule has 8 heteroatoms. The summed E-state index contributed by atoms with van der Waals surface area (Å²) in [7, 11) is 0. The number of aryl methyl sites for hydroxylation is 1. The second-order valence-corrected chi connectivity index (χ2v) is 6.18. The molecule has 1 heterocycles. The lowest BCUT2D eigenvalue weighted by molar-refractivity contribution is 0.0697. The summed E-state index contributed by atoms with van der Waals surface area (Å²) < 4.78 is 33.3. The summed E-state index contributed by atoms with van der Waals surface area (Å²) in [5.74, 6) is -2.55. The van der Waals surface area contributed by atoms with Crippen molar-refractivity contribution in [2.45, 2.75) is 20.5 Å². The zero-order valence-corrected chi connectivity index (χ0v) is 15.1. The Hall–Kier alpha value is -3.55. The molecule has 0 radical (unpaired) electrons.